The van der Waals surface area contributed by atoms with Gasteiger partial charge in [0.25, 0.3) is 5.91 Å². The topological polar surface area (TPSA) is 58.6 Å². The van der Waals surface area contributed by atoms with Crippen molar-refractivity contribution in [3.05, 3.63) is 29.8 Å². The summed E-state index contributed by atoms with van der Waals surface area (Å²) in [5, 5.41) is 2.86. The smallest absolute Gasteiger partial charge is 0.256 e. The predicted molar refractivity (Wildman–Crippen MR) is 94.0 cm³/mol. The Hall–Kier alpha value is -1.53. The second-order valence-electron chi connectivity index (χ2n) is 6.40. The Morgan fingerprint density at radius 3 is 2.52 bits per heavy atom. The highest BCUT2D eigenvalue weighted by molar-refractivity contribution is 8.01. The molecule has 1 heterocycles. The molecule has 2 amide bonds. The third-order valence-electron chi connectivity index (χ3n) is 3.37. The summed E-state index contributed by atoms with van der Waals surface area (Å²) in [7, 11) is 0. The third kappa shape index (κ3) is 5.55. The minimum atomic E-state index is -0.0906. The summed E-state index contributed by atoms with van der Waals surface area (Å²) >= 11 is 1.58. The van der Waals surface area contributed by atoms with Gasteiger partial charge in [0.15, 0.2) is 0 Å². The predicted octanol–water partition coefficient (Wildman–Crippen LogP) is 2.63. The van der Waals surface area contributed by atoms with Crippen LogP contribution in [0.2, 0.25) is 0 Å². The molecule has 0 atom stereocenters. The van der Waals surface area contributed by atoms with Crippen molar-refractivity contribution < 1.29 is 14.3 Å². The van der Waals surface area contributed by atoms with E-state index in [0.29, 0.717) is 43.3 Å². The van der Waals surface area contributed by atoms with Crippen LogP contribution >= 0.6 is 11.8 Å². The van der Waals surface area contributed by atoms with Crippen LogP contribution in [-0.4, -0.2) is 53.5 Å². The molecule has 0 radical (unpaired) electrons. The second-order valence-corrected chi connectivity index (χ2v) is 8.20. The highest BCUT2D eigenvalue weighted by atomic mass is 32.2. The van der Waals surface area contributed by atoms with Gasteiger partial charge >= 0.3 is 0 Å². The third-order valence-corrected chi connectivity index (χ3v) is 4.64. The number of amides is 2. The molecule has 6 heteroatoms. The van der Waals surface area contributed by atoms with Crippen molar-refractivity contribution in [1.29, 1.82) is 0 Å². The molecule has 1 aromatic carbocycles. The number of ether oxygens (including phenoxy) is 1. The molecule has 1 aliphatic heterocycles. The number of nitrogens with one attached hydrogen (secondary N) is 1. The maximum Gasteiger partial charge on any atom is 0.256 e. The molecule has 1 N–H and O–H groups in total. The monoisotopic (exact) mass is 336 g/mol. The van der Waals surface area contributed by atoms with E-state index in [1.165, 1.54) is 0 Å². The van der Waals surface area contributed by atoms with Gasteiger partial charge in [-0.15, -0.1) is 11.8 Å². The van der Waals surface area contributed by atoms with Crippen LogP contribution in [-0.2, 0) is 9.53 Å². The first kappa shape index (κ1) is 17.8. The Bertz CT molecular complexity index is 563. The minimum absolute atomic E-state index is 0.0283. The Morgan fingerprint density at radius 2 is 1.87 bits per heavy atom. The number of carbonyl (C=O) groups is 2. The SMILES string of the molecule is CC(C)(C)SCC(=O)Nc1ccccc1C(=O)N1CCOCC1. The lowest BCUT2D eigenvalue weighted by molar-refractivity contribution is -0.113. The van der Waals surface area contributed by atoms with Gasteiger partial charge in [-0.3, -0.25) is 9.59 Å². The van der Waals surface area contributed by atoms with E-state index in [4.69, 9.17) is 4.74 Å². The van der Waals surface area contributed by atoms with Crippen molar-refractivity contribution in [3.8, 4) is 0 Å². The Balaban J connectivity index is 2.05. The Kier molecular flexibility index (Phi) is 6.07. The van der Waals surface area contributed by atoms with E-state index in [2.05, 4.69) is 26.1 Å². The van der Waals surface area contributed by atoms with Crippen LogP contribution < -0.4 is 5.32 Å². The Morgan fingerprint density at radius 1 is 1.22 bits per heavy atom. The van der Waals surface area contributed by atoms with Crippen LogP contribution in [0.25, 0.3) is 0 Å². The van der Waals surface area contributed by atoms with Gasteiger partial charge in [0, 0.05) is 17.8 Å². The van der Waals surface area contributed by atoms with E-state index < -0.39 is 0 Å². The van der Waals surface area contributed by atoms with Crippen molar-refractivity contribution in [2.75, 3.05) is 37.4 Å². The van der Waals surface area contributed by atoms with Gasteiger partial charge < -0.3 is 15.0 Å². The fraction of sp³-hybridized carbons (Fsp3) is 0.529. The van der Waals surface area contributed by atoms with Gasteiger partial charge in [-0.1, -0.05) is 32.9 Å². The van der Waals surface area contributed by atoms with E-state index in [1.807, 2.05) is 12.1 Å². The number of carbonyl (C=O) groups excluding carboxylic acids is 2. The molecule has 23 heavy (non-hydrogen) atoms. The molecular formula is C17H24N2O3S. The molecule has 1 saturated heterocycles. The lowest BCUT2D eigenvalue weighted by Gasteiger charge is -2.27. The zero-order chi connectivity index (χ0) is 16.9. The number of hydrogen-bond donors (Lipinski definition) is 1. The summed E-state index contributed by atoms with van der Waals surface area (Å²) in [6.07, 6.45) is 0. The largest absolute Gasteiger partial charge is 0.378 e. The van der Waals surface area contributed by atoms with Crippen molar-refractivity contribution in [2.24, 2.45) is 0 Å². The van der Waals surface area contributed by atoms with E-state index in [0.717, 1.165) is 0 Å². The molecule has 1 aliphatic rings. The average Bonchev–Trinajstić information content (AvgIpc) is 2.53. The summed E-state index contributed by atoms with van der Waals surface area (Å²) in [5.74, 6) is 0.212. The molecule has 0 unspecified atom stereocenters. The number of anilines is 1. The van der Waals surface area contributed by atoms with Crippen LogP contribution in [0.4, 0.5) is 5.69 Å². The average molecular weight is 336 g/mol. The number of hydrogen-bond acceptors (Lipinski definition) is 4. The normalized spacial score (nSPS) is 15.3. The highest BCUT2D eigenvalue weighted by Gasteiger charge is 2.22. The fourth-order valence-corrected chi connectivity index (χ4v) is 2.82. The van der Waals surface area contributed by atoms with E-state index in [-0.39, 0.29) is 16.6 Å². The van der Waals surface area contributed by atoms with Crippen LogP contribution in [0.1, 0.15) is 31.1 Å². The zero-order valence-electron chi connectivity index (χ0n) is 13.9. The molecule has 0 aliphatic carbocycles. The van der Waals surface area contributed by atoms with Crippen LogP contribution in [0, 0.1) is 0 Å². The quantitative estimate of drug-likeness (QED) is 0.918. The lowest BCUT2D eigenvalue weighted by Crippen LogP contribution is -2.41. The van der Waals surface area contributed by atoms with Gasteiger partial charge in [-0.2, -0.15) is 0 Å². The second kappa shape index (κ2) is 7.84. The summed E-state index contributed by atoms with van der Waals surface area (Å²) in [5.41, 5.74) is 1.10. The van der Waals surface area contributed by atoms with Crippen LogP contribution in [0.3, 0.4) is 0 Å². The number of para-hydroxylation sites is 1. The first-order chi connectivity index (χ1) is 10.9. The molecule has 126 valence electrons. The van der Waals surface area contributed by atoms with Crippen LogP contribution in [0.5, 0.6) is 0 Å². The van der Waals surface area contributed by atoms with Gasteiger partial charge in [0.05, 0.1) is 30.2 Å². The van der Waals surface area contributed by atoms with Gasteiger partial charge in [-0.25, -0.2) is 0 Å². The fourth-order valence-electron chi connectivity index (χ4n) is 2.18. The molecule has 0 bridgehead atoms. The molecule has 5 nitrogen and oxygen atoms in total. The maximum atomic E-state index is 12.6. The van der Waals surface area contributed by atoms with Gasteiger partial charge in [-0.05, 0) is 12.1 Å². The lowest BCUT2D eigenvalue weighted by atomic mass is 10.1. The summed E-state index contributed by atoms with van der Waals surface area (Å²) < 4.78 is 5.31. The summed E-state index contributed by atoms with van der Waals surface area (Å²) in [4.78, 5) is 26.5. The molecule has 1 aromatic rings. The number of morpholine rings is 1. The number of benzene rings is 1. The standard InChI is InChI=1S/C17H24N2O3S/c1-17(2,3)23-12-15(20)18-14-7-5-4-6-13(14)16(21)19-8-10-22-11-9-19/h4-7H,8-12H2,1-3H3,(H,18,20). The van der Waals surface area contributed by atoms with Gasteiger partial charge in [0.2, 0.25) is 5.91 Å². The van der Waals surface area contributed by atoms with E-state index in [9.17, 15) is 9.59 Å². The summed E-state index contributed by atoms with van der Waals surface area (Å²) in [6.45, 7) is 8.50. The van der Waals surface area contributed by atoms with Crippen molar-refractivity contribution in [1.82, 2.24) is 4.90 Å². The maximum absolute atomic E-state index is 12.6. The van der Waals surface area contributed by atoms with Crippen molar-refractivity contribution in [3.63, 3.8) is 0 Å². The van der Waals surface area contributed by atoms with Crippen LogP contribution in [0.15, 0.2) is 24.3 Å². The minimum Gasteiger partial charge on any atom is -0.378 e. The first-order valence-corrected chi connectivity index (χ1v) is 8.75. The van der Waals surface area contributed by atoms with E-state index in [1.54, 1.807) is 28.8 Å². The molecule has 0 aromatic heterocycles. The number of thioether (sulfide) groups is 1. The Labute approximate surface area is 141 Å². The number of nitrogens with zero attached hydrogens (tertiary/aromatic N) is 1. The zero-order valence-corrected chi connectivity index (χ0v) is 14.7. The molecular weight excluding hydrogens is 312 g/mol. The molecule has 1 fully saturated rings. The van der Waals surface area contributed by atoms with E-state index >= 15 is 0 Å². The van der Waals surface area contributed by atoms with Crippen molar-refractivity contribution >= 4 is 29.3 Å². The highest BCUT2D eigenvalue weighted by Crippen LogP contribution is 2.24. The number of rotatable bonds is 4. The summed E-state index contributed by atoms with van der Waals surface area (Å²) in [6, 6.07) is 7.16. The van der Waals surface area contributed by atoms with Gasteiger partial charge in [0.1, 0.15) is 0 Å². The molecule has 0 spiro atoms. The van der Waals surface area contributed by atoms with Crippen molar-refractivity contribution in [2.45, 2.75) is 25.5 Å². The molecule has 0 saturated carbocycles. The molecule has 2 rings (SSSR count). The first-order valence-electron chi connectivity index (χ1n) is 7.77.